The number of aromatic carboxylic acids is 1. The number of carboxylic acids is 1. The fourth-order valence-electron chi connectivity index (χ4n) is 4.15. The Bertz CT molecular complexity index is 1240. The number of carbonyl (C=O) groups excluding carboxylic acids is 1. The van der Waals surface area contributed by atoms with Crippen LogP contribution < -0.4 is 0 Å². The van der Waals surface area contributed by atoms with Gasteiger partial charge in [-0.3, -0.25) is 9.69 Å². The van der Waals surface area contributed by atoms with Crippen molar-refractivity contribution in [1.82, 2.24) is 14.8 Å². The van der Waals surface area contributed by atoms with Gasteiger partial charge in [-0.2, -0.15) is 13.2 Å². The van der Waals surface area contributed by atoms with E-state index in [1.165, 1.54) is 16.2 Å². The van der Waals surface area contributed by atoms with Crippen LogP contribution in [0.5, 0.6) is 0 Å². The number of thiophene rings is 1. The number of amides is 1. The number of para-hydroxylation sites is 1. The lowest BCUT2D eigenvalue weighted by Gasteiger charge is -2.36. The maximum absolute atomic E-state index is 13.0. The minimum Gasteiger partial charge on any atom is -0.478 e. The van der Waals surface area contributed by atoms with Gasteiger partial charge in [-0.15, -0.1) is 11.3 Å². The van der Waals surface area contributed by atoms with E-state index in [1.807, 2.05) is 22.4 Å². The third-order valence-electron chi connectivity index (χ3n) is 6.17. The van der Waals surface area contributed by atoms with E-state index in [0.29, 0.717) is 42.2 Å². The van der Waals surface area contributed by atoms with Gasteiger partial charge < -0.3 is 15.1 Å². The van der Waals surface area contributed by atoms with Gasteiger partial charge in [0.25, 0.3) is 0 Å². The lowest BCUT2D eigenvalue weighted by Crippen LogP contribution is -2.52. The second-order valence-electron chi connectivity index (χ2n) is 8.72. The highest BCUT2D eigenvalue weighted by Crippen LogP contribution is 2.35. The van der Waals surface area contributed by atoms with Crippen LogP contribution in [0, 0.1) is 0 Å². The van der Waals surface area contributed by atoms with Gasteiger partial charge in [-0.1, -0.05) is 24.3 Å². The molecule has 3 heterocycles. The summed E-state index contributed by atoms with van der Waals surface area (Å²) in [7, 11) is 0. The number of aliphatic hydroxyl groups is 1. The average molecular weight is 508 g/mol. The average Bonchev–Trinajstić information content (AvgIpc) is 3.32. The number of hydrogen-bond donors (Lipinski definition) is 2. The summed E-state index contributed by atoms with van der Waals surface area (Å²) in [5.41, 5.74) is -1.22. The summed E-state index contributed by atoms with van der Waals surface area (Å²) in [4.78, 5) is 33.6. The molecule has 1 saturated heterocycles. The zero-order valence-electron chi connectivity index (χ0n) is 18.9. The molecular formula is C24H24F3N3O4S. The van der Waals surface area contributed by atoms with Crippen LogP contribution in [0.15, 0.2) is 41.8 Å². The number of pyridine rings is 1. The molecule has 1 fully saturated rings. The number of piperazine rings is 1. The van der Waals surface area contributed by atoms with Crippen molar-refractivity contribution in [3.8, 4) is 10.6 Å². The van der Waals surface area contributed by atoms with E-state index in [-0.39, 0.29) is 25.2 Å². The third kappa shape index (κ3) is 5.16. The summed E-state index contributed by atoms with van der Waals surface area (Å²) in [5, 5.41) is 22.1. The first-order valence-electron chi connectivity index (χ1n) is 11.0. The van der Waals surface area contributed by atoms with Crippen molar-refractivity contribution < 1.29 is 33.0 Å². The molecular weight excluding hydrogens is 483 g/mol. The summed E-state index contributed by atoms with van der Waals surface area (Å²) >= 11 is 1.45. The molecule has 1 amide bonds. The molecule has 1 unspecified atom stereocenters. The Kier molecular flexibility index (Phi) is 6.85. The molecule has 0 saturated carbocycles. The van der Waals surface area contributed by atoms with Crippen LogP contribution in [0.1, 0.15) is 29.3 Å². The number of rotatable bonds is 6. The Morgan fingerprint density at radius 3 is 2.37 bits per heavy atom. The normalized spacial score (nSPS) is 16.9. The molecule has 7 nitrogen and oxygen atoms in total. The van der Waals surface area contributed by atoms with Gasteiger partial charge in [-0.05, 0) is 24.4 Å². The third-order valence-corrected chi connectivity index (χ3v) is 7.05. The van der Waals surface area contributed by atoms with Gasteiger partial charge in [0, 0.05) is 43.7 Å². The maximum Gasteiger partial charge on any atom is 0.417 e. The van der Waals surface area contributed by atoms with Gasteiger partial charge in [-0.25, -0.2) is 9.78 Å². The molecule has 35 heavy (non-hydrogen) atoms. The molecule has 4 rings (SSSR count). The van der Waals surface area contributed by atoms with Gasteiger partial charge in [0.15, 0.2) is 5.60 Å². The van der Waals surface area contributed by atoms with E-state index in [9.17, 15) is 33.0 Å². The van der Waals surface area contributed by atoms with Crippen molar-refractivity contribution >= 4 is 34.1 Å². The Hall–Kier alpha value is -3.02. The standard InChI is InChI=1S/C24H24F3N3O4S/c1-23(34,24(25,26)27)13-19(31)30-10-8-29(9-11-30)14-16-20(22(32)33)15-5-2-3-6-17(15)28-21(16)18-7-4-12-35-18/h2-7,12,34H,8-11,13-14H2,1H3,(H,32,33). The molecule has 3 aromatic rings. The molecule has 2 aromatic heterocycles. The molecule has 1 aromatic carbocycles. The van der Waals surface area contributed by atoms with Gasteiger partial charge in [0.05, 0.1) is 28.1 Å². The second kappa shape index (κ2) is 9.56. The monoisotopic (exact) mass is 507 g/mol. The summed E-state index contributed by atoms with van der Waals surface area (Å²) in [6.07, 6.45) is -5.95. The summed E-state index contributed by atoms with van der Waals surface area (Å²) < 4.78 is 38.9. The van der Waals surface area contributed by atoms with Crippen molar-refractivity contribution in [2.45, 2.75) is 31.7 Å². The van der Waals surface area contributed by atoms with Crippen LogP contribution in [0.3, 0.4) is 0 Å². The Balaban J connectivity index is 1.57. The van der Waals surface area contributed by atoms with Crippen molar-refractivity contribution in [3.05, 3.63) is 52.9 Å². The van der Waals surface area contributed by atoms with E-state index in [4.69, 9.17) is 4.98 Å². The highest BCUT2D eigenvalue weighted by Gasteiger charge is 2.51. The van der Waals surface area contributed by atoms with Gasteiger partial charge >= 0.3 is 12.1 Å². The molecule has 186 valence electrons. The Morgan fingerprint density at radius 1 is 1.09 bits per heavy atom. The second-order valence-corrected chi connectivity index (χ2v) is 9.67. The molecule has 11 heteroatoms. The van der Waals surface area contributed by atoms with Crippen LogP contribution in [-0.4, -0.2) is 74.8 Å². The molecule has 2 N–H and O–H groups in total. The number of halogens is 3. The molecule has 0 bridgehead atoms. The number of fused-ring (bicyclic) bond motifs is 1. The van der Waals surface area contributed by atoms with Crippen molar-refractivity contribution in [3.63, 3.8) is 0 Å². The molecule has 1 atom stereocenters. The minimum atomic E-state index is -4.90. The zero-order chi connectivity index (χ0) is 25.4. The smallest absolute Gasteiger partial charge is 0.417 e. The number of nitrogens with zero attached hydrogens (tertiary/aromatic N) is 3. The maximum atomic E-state index is 13.0. The van der Waals surface area contributed by atoms with E-state index < -0.39 is 30.1 Å². The minimum absolute atomic E-state index is 0.165. The van der Waals surface area contributed by atoms with Crippen molar-refractivity contribution in [2.75, 3.05) is 26.2 Å². The largest absolute Gasteiger partial charge is 0.478 e. The number of benzene rings is 1. The van der Waals surface area contributed by atoms with Crippen molar-refractivity contribution in [2.24, 2.45) is 0 Å². The summed E-state index contributed by atoms with van der Waals surface area (Å²) in [5.74, 6) is -1.84. The molecule has 0 aliphatic carbocycles. The number of aromatic nitrogens is 1. The molecule has 1 aliphatic rings. The first kappa shape index (κ1) is 25.1. The van der Waals surface area contributed by atoms with Crippen LogP contribution in [0.4, 0.5) is 13.2 Å². The molecule has 1 aliphatic heterocycles. The Labute approximate surface area is 203 Å². The number of hydrogen-bond acceptors (Lipinski definition) is 6. The van der Waals surface area contributed by atoms with E-state index in [2.05, 4.69) is 0 Å². The fraction of sp³-hybridized carbons (Fsp3) is 0.375. The lowest BCUT2D eigenvalue weighted by molar-refractivity contribution is -0.254. The van der Waals surface area contributed by atoms with Gasteiger partial charge in [0.1, 0.15) is 0 Å². The molecule has 0 radical (unpaired) electrons. The number of carbonyl (C=O) groups is 2. The SMILES string of the molecule is CC(O)(CC(=O)N1CCN(Cc2c(-c3cccs3)nc3ccccc3c2C(=O)O)CC1)C(F)(F)F. The van der Waals surface area contributed by atoms with E-state index in [0.717, 1.165) is 4.88 Å². The summed E-state index contributed by atoms with van der Waals surface area (Å²) in [6, 6.07) is 10.8. The number of carboxylic acid groups (broad SMARTS) is 1. The van der Waals surface area contributed by atoms with E-state index >= 15 is 0 Å². The van der Waals surface area contributed by atoms with Crippen LogP contribution in [-0.2, 0) is 11.3 Å². The van der Waals surface area contributed by atoms with Crippen LogP contribution in [0.25, 0.3) is 21.5 Å². The Morgan fingerprint density at radius 2 is 1.77 bits per heavy atom. The fourth-order valence-corrected chi connectivity index (χ4v) is 4.89. The van der Waals surface area contributed by atoms with E-state index in [1.54, 1.807) is 24.3 Å². The van der Waals surface area contributed by atoms with Gasteiger partial charge in [0.2, 0.25) is 5.91 Å². The van der Waals surface area contributed by atoms with Crippen LogP contribution in [0.2, 0.25) is 0 Å². The lowest BCUT2D eigenvalue weighted by atomic mass is 9.98. The number of alkyl halides is 3. The predicted octanol–water partition coefficient (Wildman–Crippen LogP) is 4.01. The highest BCUT2D eigenvalue weighted by atomic mass is 32.1. The first-order valence-corrected chi connectivity index (χ1v) is 11.8. The first-order chi connectivity index (χ1) is 16.5. The topological polar surface area (TPSA) is 94.0 Å². The quantitative estimate of drug-likeness (QED) is 0.524. The van der Waals surface area contributed by atoms with Crippen LogP contribution >= 0.6 is 11.3 Å². The zero-order valence-corrected chi connectivity index (χ0v) is 19.7. The summed E-state index contributed by atoms with van der Waals surface area (Å²) in [6.45, 7) is 1.88. The predicted molar refractivity (Wildman–Crippen MR) is 125 cm³/mol. The molecule has 0 spiro atoms. The van der Waals surface area contributed by atoms with Crippen molar-refractivity contribution in [1.29, 1.82) is 0 Å². The highest BCUT2D eigenvalue weighted by molar-refractivity contribution is 7.13.